The number of anilines is 1. The molecule has 0 radical (unpaired) electrons. The van der Waals surface area contributed by atoms with Crippen molar-refractivity contribution in [2.45, 2.75) is 26.9 Å². The highest BCUT2D eigenvalue weighted by Gasteiger charge is 2.18. The summed E-state index contributed by atoms with van der Waals surface area (Å²) in [6, 6.07) is 9.54. The van der Waals surface area contributed by atoms with Gasteiger partial charge in [-0.2, -0.15) is 5.06 Å². The molecule has 2 rings (SSSR count). The van der Waals surface area contributed by atoms with Crippen LogP contribution in [-0.4, -0.2) is 17.5 Å². The van der Waals surface area contributed by atoms with E-state index in [0.29, 0.717) is 16.4 Å². The maximum absolute atomic E-state index is 13.0. The molecule has 0 fully saturated rings. The van der Waals surface area contributed by atoms with Gasteiger partial charge in [0.2, 0.25) is 0 Å². The molecule has 0 aliphatic rings. The van der Waals surface area contributed by atoms with E-state index < -0.39 is 6.43 Å². The highest BCUT2D eigenvalue weighted by molar-refractivity contribution is 7.80. The number of thiocarbonyl (C=S) groups is 1. The van der Waals surface area contributed by atoms with Crippen LogP contribution in [0.2, 0.25) is 0 Å². The third-order valence-electron chi connectivity index (χ3n) is 3.64. The smallest absolute Gasteiger partial charge is 0.288 e. The molecule has 0 spiro atoms. The van der Waals surface area contributed by atoms with Crippen LogP contribution in [0.25, 0.3) is 0 Å². The monoisotopic (exact) mass is 367 g/mol. The average molecular weight is 367 g/mol. The van der Waals surface area contributed by atoms with Gasteiger partial charge in [0.1, 0.15) is 12.4 Å². The van der Waals surface area contributed by atoms with Crippen LogP contribution in [0, 0.1) is 13.8 Å². The minimum absolute atomic E-state index is 0.0107. The number of ether oxygens (including phenoxy) is 2. The van der Waals surface area contributed by atoms with Crippen LogP contribution in [0.1, 0.15) is 28.7 Å². The third kappa shape index (κ3) is 4.64. The Labute approximate surface area is 150 Å². The molecule has 0 aromatic heterocycles. The van der Waals surface area contributed by atoms with Gasteiger partial charge in [-0.05, 0) is 49.8 Å². The molecule has 0 aliphatic heterocycles. The number of methoxy groups -OCH3 is 1. The van der Waals surface area contributed by atoms with Gasteiger partial charge < -0.3 is 9.47 Å². The summed E-state index contributed by atoms with van der Waals surface area (Å²) in [6.45, 7) is 3.86. The van der Waals surface area contributed by atoms with E-state index in [-0.39, 0.29) is 23.0 Å². The van der Waals surface area contributed by atoms with Crippen molar-refractivity contribution in [3.63, 3.8) is 0 Å². The van der Waals surface area contributed by atoms with Crippen molar-refractivity contribution < 1.29 is 23.5 Å². The molecular weight excluding hydrogens is 348 g/mol. The number of hydroxylamine groups is 1. The number of benzene rings is 2. The molecule has 0 atom stereocenters. The zero-order valence-corrected chi connectivity index (χ0v) is 14.9. The van der Waals surface area contributed by atoms with Gasteiger partial charge in [0.25, 0.3) is 11.6 Å². The van der Waals surface area contributed by atoms with E-state index >= 15 is 0 Å². The molecule has 1 N–H and O–H groups in total. The molecular formula is C18H19F2NO3S. The second-order valence-corrected chi connectivity index (χ2v) is 5.88. The molecule has 0 bridgehead atoms. The quantitative estimate of drug-likeness (QED) is 0.598. The third-order valence-corrected chi connectivity index (χ3v) is 3.98. The van der Waals surface area contributed by atoms with E-state index in [1.807, 2.05) is 32.0 Å². The summed E-state index contributed by atoms with van der Waals surface area (Å²) >= 11 is 4.88. The summed E-state index contributed by atoms with van der Waals surface area (Å²) in [6.07, 6.45) is -2.63. The van der Waals surface area contributed by atoms with Gasteiger partial charge in [-0.15, -0.1) is 0 Å². The number of rotatable bonds is 5. The van der Waals surface area contributed by atoms with Crippen molar-refractivity contribution in [2.75, 3.05) is 12.2 Å². The van der Waals surface area contributed by atoms with E-state index in [1.165, 1.54) is 25.3 Å². The Morgan fingerprint density at radius 3 is 2.52 bits per heavy atom. The number of hydrogen-bond donors (Lipinski definition) is 1. The first-order valence-electron chi connectivity index (χ1n) is 7.51. The Kier molecular flexibility index (Phi) is 6.27. The number of alkyl halides is 2. The van der Waals surface area contributed by atoms with Crippen molar-refractivity contribution >= 4 is 23.1 Å². The molecule has 0 unspecified atom stereocenters. The minimum atomic E-state index is -2.63. The first kappa shape index (κ1) is 19.1. The lowest BCUT2D eigenvalue weighted by molar-refractivity contribution is 0.151. The van der Waals surface area contributed by atoms with Crippen LogP contribution in [0.15, 0.2) is 36.4 Å². The fourth-order valence-corrected chi connectivity index (χ4v) is 2.46. The maximum Gasteiger partial charge on any atom is 0.288 e. The summed E-state index contributed by atoms with van der Waals surface area (Å²) in [5.41, 5.74) is 2.44. The molecule has 0 saturated carbocycles. The lowest BCUT2D eigenvalue weighted by Gasteiger charge is -2.20. The van der Waals surface area contributed by atoms with Gasteiger partial charge in [-0.25, -0.2) is 8.78 Å². The fourth-order valence-electron chi connectivity index (χ4n) is 2.36. The second-order valence-electron chi connectivity index (χ2n) is 5.53. The van der Waals surface area contributed by atoms with Crippen molar-refractivity contribution in [1.82, 2.24) is 0 Å². The summed E-state index contributed by atoms with van der Waals surface area (Å²) in [4.78, 5) is 0. The summed E-state index contributed by atoms with van der Waals surface area (Å²) < 4.78 is 36.6. The van der Waals surface area contributed by atoms with Gasteiger partial charge in [0, 0.05) is 11.1 Å². The lowest BCUT2D eigenvalue weighted by Crippen LogP contribution is -2.27. The minimum Gasteiger partial charge on any atom is -0.489 e. The van der Waals surface area contributed by atoms with E-state index in [1.54, 1.807) is 0 Å². The average Bonchev–Trinajstić information content (AvgIpc) is 2.59. The van der Waals surface area contributed by atoms with Crippen LogP contribution in [0.4, 0.5) is 14.5 Å². The summed E-state index contributed by atoms with van der Waals surface area (Å²) in [5.74, 6) is 0.637. The highest BCUT2D eigenvalue weighted by Crippen LogP contribution is 2.29. The molecule has 7 heteroatoms. The fraction of sp³-hybridized carbons (Fsp3) is 0.278. The van der Waals surface area contributed by atoms with Crippen LogP contribution in [0.3, 0.4) is 0 Å². The zero-order valence-electron chi connectivity index (χ0n) is 14.1. The molecule has 0 saturated heterocycles. The maximum atomic E-state index is 13.0. The summed E-state index contributed by atoms with van der Waals surface area (Å²) in [7, 11) is 1.31. The van der Waals surface area contributed by atoms with Crippen LogP contribution in [0.5, 0.6) is 5.75 Å². The topological polar surface area (TPSA) is 41.9 Å². The van der Waals surface area contributed by atoms with Crippen molar-refractivity contribution in [3.8, 4) is 5.75 Å². The lowest BCUT2D eigenvalue weighted by atomic mass is 10.1. The first-order chi connectivity index (χ1) is 11.8. The van der Waals surface area contributed by atoms with Gasteiger partial charge in [-0.1, -0.05) is 23.8 Å². The Hall–Kier alpha value is -2.25. The standard InChI is InChI=1S/C18H19F2NO3S/c1-11-4-7-16(12(2)8-11)24-10-14-9-13(17(19)20)5-6-15(14)21(22)18(25)23-3/h4-9,17,22H,10H2,1-3H3. The number of nitrogens with zero attached hydrogens (tertiary/aromatic N) is 1. The Morgan fingerprint density at radius 1 is 1.20 bits per heavy atom. The van der Waals surface area contributed by atoms with Gasteiger partial charge in [0.05, 0.1) is 12.8 Å². The van der Waals surface area contributed by atoms with Gasteiger partial charge in [0.15, 0.2) is 0 Å². The van der Waals surface area contributed by atoms with Gasteiger partial charge >= 0.3 is 0 Å². The van der Waals surface area contributed by atoms with Crippen LogP contribution >= 0.6 is 12.2 Å². The van der Waals surface area contributed by atoms with E-state index in [9.17, 15) is 14.0 Å². The Morgan fingerprint density at radius 2 is 1.92 bits per heavy atom. The SMILES string of the molecule is COC(=S)N(O)c1ccc(C(F)F)cc1COc1ccc(C)cc1C. The number of halogens is 2. The van der Waals surface area contributed by atoms with Crippen LogP contribution in [-0.2, 0) is 11.3 Å². The normalized spacial score (nSPS) is 10.7. The molecule has 2 aromatic carbocycles. The molecule has 0 aliphatic carbocycles. The van der Waals surface area contributed by atoms with Gasteiger partial charge in [-0.3, -0.25) is 5.21 Å². The molecule has 4 nitrogen and oxygen atoms in total. The molecule has 2 aromatic rings. The highest BCUT2D eigenvalue weighted by atomic mass is 32.1. The largest absolute Gasteiger partial charge is 0.489 e. The molecule has 134 valence electrons. The summed E-state index contributed by atoms with van der Waals surface area (Å²) in [5, 5.41) is 10.5. The molecule has 25 heavy (non-hydrogen) atoms. The van der Waals surface area contributed by atoms with Crippen molar-refractivity contribution in [3.05, 3.63) is 58.7 Å². The predicted molar refractivity (Wildman–Crippen MR) is 95.5 cm³/mol. The predicted octanol–water partition coefficient (Wildman–Crippen LogP) is 4.95. The number of hydrogen-bond acceptors (Lipinski definition) is 4. The Bertz CT molecular complexity index is 768. The Balaban J connectivity index is 2.32. The zero-order chi connectivity index (χ0) is 18.6. The number of aryl methyl sites for hydroxylation is 2. The second kappa shape index (κ2) is 8.22. The molecule has 0 heterocycles. The van der Waals surface area contributed by atoms with Crippen molar-refractivity contribution in [2.24, 2.45) is 0 Å². The van der Waals surface area contributed by atoms with Crippen LogP contribution < -0.4 is 9.80 Å². The van der Waals surface area contributed by atoms with Crippen molar-refractivity contribution in [1.29, 1.82) is 0 Å². The van der Waals surface area contributed by atoms with E-state index in [2.05, 4.69) is 0 Å². The first-order valence-corrected chi connectivity index (χ1v) is 7.92. The van der Waals surface area contributed by atoms with E-state index in [4.69, 9.17) is 21.7 Å². The molecule has 0 amide bonds. The van der Waals surface area contributed by atoms with E-state index in [0.717, 1.165) is 11.1 Å².